The molecule has 2 amide bonds. The van der Waals surface area contributed by atoms with Crippen LogP contribution < -0.4 is 20.5 Å². The van der Waals surface area contributed by atoms with Crippen LogP contribution in [-0.4, -0.2) is 31.6 Å². The minimum Gasteiger partial charge on any atom is -0.493 e. The topological polar surface area (TPSA) is 90.7 Å². The average Bonchev–Trinajstić information content (AvgIpc) is 2.54. The van der Waals surface area contributed by atoms with E-state index in [2.05, 4.69) is 12.2 Å². The molecule has 6 nitrogen and oxygen atoms in total. The first kappa shape index (κ1) is 17.1. The molecule has 0 unspecified atom stereocenters. The van der Waals surface area contributed by atoms with Crippen molar-refractivity contribution in [2.24, 2.45) is 11.7 Å². The molecular weight excluding hydrogens is 296 g/mol. The smallest absolute Gasteiger partial charge is 0.255 e. The van der Waals surface area contributed by atoms with Crippen molar-refractivity contribution < 1.29 is 19.1 Å². The Labute approximate surface area is 136 Å². The Bertz CT molecular complexity index is 566. The molecule has 0 bridgehead atoms. The summed E-state index contributed by atoms with van der Waals surface area (Å²) >= 11 is 0. The van der Waals surface area contributed by atoms with E-state index < -0.39 is 5.91 Å². The number of methoxy groups -OCH3 is 1. The molecule has 126 valence electrons. The third-order valence-electron chi connectivity index (χ3n) is 4.15. The lowest BCUT2D eigenvalue weighted by Crippen LogP contribution is -2.37. The molecule has 1 aliphatic rings. The summed E-state index contributed by atoms with van der Waals surface area (Å²) in [6.45, 7) is 2.01. The monoisotopic (exact) mass is 320 g/mol. The Hall–Kier alpha value is -2.24. The number of nitrogens with two attached hydrogens (primary N) is 1. The number of carbonyl (C=O) groups is 2. The van der Waals surface area contributed by atoms with Gasteiger partial charge in [0, 0.05) is 11.6 Å². The van der Waals surface area contributed by atoms with Gasteiger partial charge in [-0.05, 0) is 49.8 Å². The highest BCUT2D eigenvalue weighted by molar-refractivity contribution is 5.95. The van der Waals surface area contributed by atoms with Crippen molar-refractivity contribution in [3.63, 3.8) is 0 Å². The van der Waals surface area contributed by atoms with Gasteiger partial charge in [-0.2, -0.15) is 0 Å². The van der Waals surface area contributed by atoms with Crippen LogP contribution in [0.5, 0.6) is 11.5 Å². The van der Waals surface area contributed by atoms with Crippen molar-refractivity contribution in [1.29, 1.82) is 0 Å². The second kappa shape index (κ2) is 7.85. The fraction of sp³-hybridized carbons (Fsp3) is 0.529. The first-order valence-corrected chi connectivity index (χ1v) is 7.89. The summed E-state index contributed by atoms with van der Waals surface area (Å²) in [5, 5.41) is 3.07. The maximum Gasteiger partial charge on any atom is 0.255 e. The number of ether oxygens (including phenoxy) is 2. The van der Waals surface area contributed by atoms with E-state index in [9.17, 15) is 9.59 Å². The Balaban J connectivity index is 2.01. The Morgan fingerprint density at radius 2 is 1.91 bits per heavy atom. The Morgan fingerprint density at radius 1 is 1.22 bits per heavy atom. The van der Waals surface area contributed by atoms with Gasteiger partial charge in [0.2, 0.25) is 0 Å². The van der Waals surface area contributed by atoms with Crippen molar-refractivity contribution in [3.8, 4) is 11.5 Å². The second-order valence-corrected chi connectivity index (χ2v) is 6.05. The predicted molar refractivity (Wildman–Crippen MR) is 86.6 cm³/mol. The van der Waals surface area contributed by atoms with Gasteiger partial charge in [0.05, 0.1) is 7.11 Å². The zero-order valence-electron chi connectivity index (χ0n) is 13.6. The van der Waals surface area contributed by atoms with E-state index in [1.165, 1.54) is 7.11 Å². The van der Waals surface area contributed by atoms with Gasteiger partial charge in [-0.15, -0.1) is 0 Å². The maximum atomic E-state index is 12.4. The van der Waals surface area contributed by atoms with Gasteiger partial charge in [-0.25, -0.2) is 0 Å². The summed E-state index contributed by atoms with van der Waals surface area (Å²) in [6, 6.07) is 5.10. The molecule has 1 aliphatic carbocycles. The second-order valence-electron chi connectivity index (χ2n) is 6.05. The zero-order valence-corrected chi connectivity index (χ0v) is 13.6. The molecule has 0 aromatic heterocycles. The highest BCUT2D eigenvalue weighted by atomic mass is 16.5. The number of rotatable bonds is 6. The van der Waals surface area contributed by atoms with Crippen LogP contribution >= 0.6 is 0 Å². The summed E-state index contributed by atoms with van der Waals surface area (Å²) in [7, 11) is 1.48. The van der Waals surface area contributed by atoms with Crippen LogP contribution in [0.25, 0.3) is 0 Å². The van der Waals surface area contributed by atoms with E-state index in [1.54, 1.807) is 18.2 Å². The minimum atomic E-state index is -0.569. The number of primary amides is 1. The molecule has 0 saturated heterocycles. The van der Waals surface area contributed by atoms with Crippen LogP contribution in [0.15, 0.2) is 18.2 Å². The quantitative estimate of drug-likeness (QED) is 0.837. The third-order valence-corrected chi connectivity index (χ3v) is 4.15. The van der Waals surface area contributed by atoms with Gasteiger partial charge >= 0.3 is 0 Å². The predicted octanol–water partition coefficient (Wildman–Crippen LogP) is 1.87. The molecule has 0 atom stereocenters. The summed E-state index contributed by atoms with van der Waals surface area (Å²) in [4.78, 5) is 23.1. The highest BCUT2D eigenvalue weighted by Crippen LogP contribution is 2.28. The molecule has 0 heterocycles. The van der Waals surface area contributed by atoms with Crippen LogP contribution in [0.1, 0.15) is 43.0 Å². The fourth-order valence-electron chi connectivity index (χ4n) is 2.75. The lowest BCUT2D eigenvalue weighted by atomic mass is 9.87. The molecule has 23 heavy (non-hydrogen) atoms. The fourth-order valence-corrected chi connectivity index (χ4v) is 2.75. The van der Waals surface area contributed by atoms with Gasteiger partial charge in [0.1, 0.15) is 0 Å². The van der Waals surface area contributed by atoms with Gasteiger partial charge in [-0.3, -0.25) is 9.59 Å². The van der Waals surface area contributed by atoms with Gasteiger partial charge in [0.15, 0.2) is 18.1 Å². The number of hydrogen-bond donors (Lipinski definition) is 2. The van der Waals surface area contributed by atoms with Crippen molar-refractivity contribution in [2.75, 3.05) is 13.7 Å². The van der Waals surface area contributed by atoms with E-state index in [1.807, 2.05) is 0 Å². The number of carbonyl (C=O) groups excluding carboxylic acids is 2. The van der Waals surface area contributed by atoms with E-state index in [0.717, 1.165) is 31.6 Å². The molecule has 2 rings (SSSR count). The first-order valence-electron chi connectivity index (χ1n) is 7.89. The number of benzene rings is 1. The molecule has 1 fully saturated rings. The summed E-state index contributed by atoms with van der Waals surface area (Å²) in [6.07, 6.45) is 4.33. The molecule has 0 radical (unpaired) electrons. The van der Waals surface area contributed by atoms with Gasteiger partial charge < -0.3 is 20.5 Å². The lowest BCUT2D eigenvalue weighted by molar-refractivity contribution is -0.119. The molecular formula is C17H24N2O4. The molecule has 3 N–H and O–H groups in total. The number of amides is 2. The van der Waals surface area contributed by atoms with Crippen LogP contribution in [0.3, 0.4) is 0 Å². The summed E-state index contributed by atoms with van der Waals surface area (Å²) in [5.74, 6) is 0.833. The Morgan fingerprint density at radius 3 is 2.52 bits per heavy atom. The lowest BCUT2D eigenvalue weighted by Gasteiger charge is -2.27. The van der Waals surface area contributed by atoms with E-state index >= 15 is 0 Å². The van der Waals surface area contributed by atoms with Crippen LogP contribution in [-0.2, 0) is 4.79 Å². The SMILES string of the molecule is COc1cc(C(=O)NC2CCC(C)CC2)ccc1OCC(N)=O. The number of hydrogen-bond acceptors (Lipinski definition) is 4. The molecule has 0 aliphatic heterocycles. The van der Waals surface area contributed by atoms with E-state index in [4.69, 9.17) is 15.2 Å². The van der Waals surface area contributed by atoms with Crippen LogP contribution in [0.4, 0.5) is 0 Å². The van der Waals surface area contributed by atoms with Crippen molar-refractivity contribution in [1.82, 2.24) is 5.32 Å². The first-order chi connectivity index (χ1) is 11.0. The number of nitrogens with one attached hydrogen (secondary N) is 1. The van der Waals surface area contributed by atoms with Crippen LogP contribution in [0, 0.1) is 5.92 Å². The highest BCUT2D eigenvalue weighted by Gasteiger charge is 2.21. The standard InChI is InChI=1S/C17H24N2O4/c1-11-3-6-13(7-4-11)19-17(21)12-5-8-14(15(9-12)22-2)23-10-16(18)20/h5,8-9,11,13H,3-4,6-7,10H2,1-2H3,(H2,18,20)(H,19,21). The van der Waals surface area contributed by atoms with Gasteiger partial charge in [-0.1, -0.05) is 6.92 Å². The van der Waals surface area contributed by atoms with Crippen molar-refractivity contribution >= 4 is 11.8 Å². The average molecular weight is 320 g/mol. The van der Waals surface area contributed by atoms with Crippen LogP contribution in [0.2, 0.25) is 0 Å². The third kappa shape index (κ3) is 4.87. The zero-order chi connectivity index (χ0) is 16.8. The van der Waals surface area contributed by atoms with Gasteiger partial charge in [0.25, 0.3) is 11.8 Å². The molecule has 6 heteroatoms. The summed E-state index contributed by atoms with van der Waals surface area (Å²) in [5.41, 5.74) is 5.56. The maximum absolute atomic E-state index is 12.4. The molecule has 1 saturated carbocycles. The Kier molecular flexibility index (Phi) is 5.84. The molecule has 1 aromatic rings. The van der Waals surface area contributed by atoms with E-state index in [0.29, 0.717) is 17.1 Å². The van der Waals surface area contributed by atoms with E-state index in [-0.39, 0.29) is 18.6 Å². The van der Waals surface area contributed by atoms with Crippen molar-refractivity contribution in [2.45, 2.75) is 38.6 Å². The molecule has 1 aromatic carbocycles. The largest absolute Gasteiger partial charge is 0.493 e. The molecule has 0 spiro atoms. The summed E-state index contributed by atoms with van der Waals surface area (Å²) < 4.78 is 10.5. The van der Waals surface area contributed by atoms with Crippen molar-refractivity contribution in [3.05, 3.63) is 23.8 Å². The minimum absolute atomic E-state index is 0.121. The normalized spacial score (nSPS) is 20.6.